The molecule has 3 amide bonds. The minimum atomic E-state index is -0.185. The van der Waals surface area contributed by atoms with Gasteiger partial charge in [0.25, 0.3) is 0 Å². The molecule has 0 saturated carbocycles. The number of nitrogens with zero attached hydrogens (tertiary/aromatic N) is 1. The second-order valence-electron chi connectivity index (χ2n) is 7.27. The van der Waals surface area contributed by atoms with Crippen LogP contribution >= 0.6 is 0 Å². The Morgan fingerprint density at radius 3 is 2.37 bits per heavy atom. The molecule has 27 heavy (non-hydrogen) atoms. The smallest absolute Gasteiger partial charge is 0.319 e. The lowest BCUT2D eigenvalue weighted by Gasteiger charge is -2.34. The second kappa shape index (κ2) is 8.89. The van der Waals surface area contributed by atoms with E-state index in [1.54, 1.807) is 0 Å². The first-order chi connectivity index (χ1) is 13.1. The van der Waals surface area contributed by atoms with E-state index in [0.717, 1.165) is 55.2 Å². The van der Waals surface area contributed by atoms with E-state index in [-0.39, 0.29) is 23.9 Å². The van der Waals surface area contributed by atoms with Gasteiger partial charge >= 0.3 is 6.03 Å². The first-order valence-corrected chi connectivity index (χ1v) is 9.95. The Balaban J connectivity index is 1.49. The van der Waals surface area contributed by atoms with E-state index < -0.39 is 0 Å². The van der Waals surface area contributed by atoms with Crippen LogP contribution in [0.15, 0.2) is 42.5 Å². The van der Waals surface area contributed by atoms with Gasteiger partial charge < -0.3 is 15.5 Å². The highest BCUT2D eigenvalue weighted by molar-refractivity contribution is 5.93. The zero-order valence-corrected chi connectivity index (χ0v) is 16.2. The summed E-state index contributed by atoms with van der Waals surface area (Å²) in [6, 6.07) is 13.9. The number of amides is 3. The van der Waals surface area contributed by atoms with Crippen LogP contribution in [0.3, 0.4) is 0 Å². The molecule has 144 valence electrons. The SMILES string of the molecule is CCC(CC)C(=O)N1CCC(NC(=O)Nc2ccc3ccccc3c2)CC1. The van der Waals surface area contributed by atoms with E-state index in [0.29, 0.717) is 0 Å². The summed E-state index contributed by atoms with van der Waals surface area (Å²) in [5.74, 6) is 0.393. The van der Waals surface area contributed by atoms with E-state index in [2.05, 4.69) is 30.5 Å². The van der Waals surface area contributed by atoms with Crippen LogP contribution in [0, 0.1) is 5.92 Å². The molecule has 2 aromatic carbocycles. The first-order valence-electron chi connectivity index (χ1n) is 9.95. The molecule has 1 aliphatic rings. The predicted molar refractivity (Wildman–Crippen MR) is 110 cm³/mol. The van der Waals surface area contributed by atoms with Crippen molar-refractivity contribution < 1.29 is 9.59 Å². The van der Waals surface area contributed by atoms with E-state index in [9.17, 15) is 9.59 Å². The third kappa shape index (κ3) is 4.79. The Labute approximate surface area is 161 Å². The second-order valence-corrected chi connectivity index (χ2v) is 7.27. The van der Waals surface area contributed by atoms with Gasteiger partial charge in [-0.05, 0) is 48.6 Å². The standard InChI is InChI=1S/C22H29N3O2/c1-3-16(4-2)21(26)25-13-11-19(12-14-25)23-22(27)24-20-10-9-17-7-5-6-8-18(17)15-20/h5-10,15-16,19H,3-4,11-14H2,1-2H3,(H2,23,24,27). The number of anilines is 1. The molecule has 1 aliphatic heterocycles. The predicted octanol–water partition coefficient (Wildman–Crippen LogP) is 4.39. The first kappa shape index (κ1) is 19.2. The maximum absolute atomic E-state index is 12.5. The summed E-state index contributed by atoms with van der Waals surface area (Å²) in [6.45, 7) is 5.57. The maximum atomic E-state index is 12.5. The molecule has 0 radical (unpaired) electrons. The van der Waals surface area contributed by atoms with E-state index in [4.69, 9.17) is 0 Å². The summed E-state index contributed by atoms with van der Waals surface area (Å²) in [5, 5.41) is 8.22. The number of hydrogen-bond donors (Lipinski definition) is 2. The zero-order chi connectivity index (χ0) is 19.2. The number of carbonyl (C=O) groups excluding carboxylic acids is 2. The summed E-state index contributed by atoms with van der Waals surface area (Å²) >= 11 is 0. The van der Waals surface area contributed by atoms with E-state index in [1.807, 2.05) is 41.3 Å². The Morgan fingerprint density at radius 2 is 1.70 bits per heavy atom. The van der Waals surface area contributed by atoms with Crippen molar-refractivity contribution in [1.82, 2.24) is 10.2 Å². The van der Waals surface area contributed by atoms with Gasteiger partial charge in [0.2, 0.25) is 5.91 Å². The third-order valence-electron chi connectivity index (χ3n) is 5.48. The number of piperidine rings is 1. The number of urea groups is 1. The van der Waals surface area contributed by atoms with E-state index >= 15 is 0 Å². The van der Waals surface area contributed by atoms with Crippen molar-refractivity contribution in [3.8, 4) is 0 Å². The zero-order valence-electron chi connectivity index (χ0n) is 16.2. The lowest BCUT2D eigenvalue weighted by Crippen LogP contribution is -2.48. The van der Waals surface area contributed by atoms with Crippen LogP contribution in [-0.4, -0.2) is 36.0 Å². The minimum absolute atomic E-state index is 0.108. The largest absolute Gasteiger partial charge is 0.342 e. The van der Waals surface area contributed by atoms with Crippen LogP contribution < -0.4 is 10.6 Å². The molecule has 0 aliphatic carbocycles. The molecule has 1 fully saturated rings. The van der Waals surface area contributed by atoms with Crippen molar-refractivity contribution in [2.75, 3.05) is 18.4 Å². The average molecular weight is 367 g/mol. The Bertz CT molecular complexity index is 793. The number of hydrogen-bond acceptors (Lipinski definition) is 2. The average Bonchev–Trinajstić information content (AvgIpc) is 2.69. The number of rotatable bonds is 5. The summed E-state index contributed by atoms with van der Waals surface area (Å²) in [5.41, 5.74) is 0.785. The summed E-state index contributed by atoms with van der Waals surface area (Å²) in [4.78, 5) is 26.7. The van der Waals surface area contributed by atoms with Crippen molar-refractivity contribution in [2.24, 2.45) is 5.92 Å². The lowest BCUT2D eigenvalue weighted by atomic mass is 9.98. The van der Waals surface area contributed by atoms with Crippen LogP contribution in [0.2, 0.25) is 0 Å². The fourth-order valence-electron chi connectivity index (χ4n) is 3.76. The van der Waals surface area contributed by atoms with Gasteiger partial charge in [-0.2, -0.15) is 0 Å². The number of fused-ring (bicyclic) bond motifs is 1. The normalized spacial score (nSPS) is 15.1. The van der Waals surface area contributed by atoms with Crippen LogP contribution in [-0.2, 0) is 4.79 Å². The highest BCUT2D eigenvalue weighted by atomic mass is 16.2. The fourth-order valence-corrected chi connectivity index (χ4v) is 3.76. The van der Waals surface area contributed by atoms with Gasteiger partial charge in [0.15, 0.2) is 0 Å². The molecule has 0 aromatic heterocycles. The molecule has 2 N–H and O–H groups in total. The molecular formula is C22H29N3O2. The Hall–Kier alpha value is -2.56. The van der Waals surface area contributed by atoms with Crippen LogP contribution in [0.1, 0.15) is 39.5 Å². The molecule has 3 rings (SSSR count). The third-order valence-corrected chi connectivity index (χ3v) is 5.48. The Morgan fingerprint density at radius 1 is 1.04 bits per heavy atom. The molecule has 0 unspecified atom stereocenters. The van der Waals surface area contributed by atoms with Crippen LogP contribution in [0.5, 0.6) is 0 Å². The Kier molecular flexibility index (Phi) is 6.32. The summed E-state index contributed by atoms with van der Waals surface area (Å²) < 4.78 is 0. The van der Waals surface area contributed by atoms with Crippen molar-refractivity contribution in [2.45, 2.75) is 45.6 Å². The van der Waals surface area contributed by atoms with Crippen molar-refractivity contribution in [1.29, 1.82) is 0 Å². The van der Waals surface area contributed by atoms with Crippen LogP contribution in [0.25, 0.3) is 10.8 Å². The van der Waals surface area contributed by atoms with Crippen LogP contribution in [0.4, 0.5) is 10.5 Å². The van der Waals surface area contributed by atoms with Gasteiger partial charge in [0.05, 0.1) is 0 Å². The molecule has 1 saturated heterocycles. The van der Waals surface area contributed by atoms with Gasteiger partial charge in [-0.15, -0.1) is 0 Å². The molecule has 0 bridgehead atoms. The fraction of sp³-hybridized carbons (Fsp3) is 0.455. The molecule has 5 heteroatoms. The van der Waals surface area contributed by atoms with Gasteiger partial charge in [-0.1, -0.05) is 44.2 Å². The van der Waals surface area contributed by atoms with Gasteiger partial charge in [0, 0.05) is 30.7 Å². The van der Waals surface area contributed by atoms with Gasteiger partial charge in [0.1, 0.15) is 0 Å². The minimum Gasteiger partial charge on any atom is -0.342 e. The molecule has 0 atom stereocenters. The highest BCUT2D eigenvalue weighted by Gasteiger charge is 2.27. The van der Waals surface area contributed by atoms with Crippen molar-refractivity contribution in [3.63, 3.8) is 0 Å². The lowest BCUT2D eigenvalue weighted by molar-refractivity contribution is -0.136. The maximum Gasteiger partial charge on any atom is 0.319 e. The number of nitrogens with one attached hydrogen (secondary N) is 2. The van der Waals surface area contributed by atoms with Gasteiger partial charge in [-0.25, -0.2) is 4.79 Å². The highest BCUT2D eigenvalue weighted by Crippen LogP contribution is 2.20. The number of benzene rings is 2. The number of likely N-dealkylation sites (tertiary alicyclic amines) is 1. The van der Waals surface area contributed by atoms with E-state index in [1.165, 1.54) is 0 Å². The molecule has 1 heterocycles. The van der Waals surface area contributed by atoms with Gasteiger partial charge in [-0.3, -0.25) is 4.79 Å². The molecule has 0 spiro atoms. The molecule has 5 nitrogen and oxygen atoms in total. The topological polar surface area (TPSA) is 61.4 Å². The molecule has 2 aromatic rings. The monoisotopic (exact) mass is 367 g/mol. The number of carbonyl (C=O) groups is 2. The van der Waals surface area contributed by atoms with Crippen molar-refractivity contribution in [3.05, 3.63) is 42.5 Å². The summed E-state index contributed by atoms with van der Waals surface area (Å²) in [6.07, 6.45) is 3.39. The van der Waals surface area contributed by atoms with Crippen molar-refractivity contribution >= 4 is 28.4 Å². The molecular weight excluding hydrogens is 338 g/mol. The quantitative estimate of drug-likeness (QED) is 0.823. The summed E-state index contributed by atoms with van der Waals surface area (Å²) in [7, 11) is 0.